The lowest BCUT2D eigenvalue weighted by atomic mass is 9.45. The molecule has 2 N–H and O–H groups in total. The molecule has 152 valence electrons. The van der Waals surface area contributed by atoms with Crippen molar-refractivity contribution in [2.75, 3.05) is 6.61 Å². The minimum Gasteiger partial charge on any atom is -0.481 e. The number of esters is 1. The zero-order valence-electron chi connectivity index (χ0n) is 16.1. The molecule has 4 aliphatic carbocycles. The van der Waals surface area contributed by atoms with Crippen LogP contribution in [0.1, 0.15) is 64.2 Å². The quantitative estimate of drug-likeness (QED) is 0.721. The van der Waals surface area contributed by atoms with Crippen LogP contribution in [-0.4, -0.2) is 40.1 Å². The van der Waals surface area contributed by atoms with Gasteiger partial charge in [-0.05, 0) is 75.2 Å². The van der Waals surface area contributed by atoms with Crippen molar-refractivity contribution in [3.8, 4) is 0 Å². The van der Waals surface area contributed by atoms with Gasteiger partial charge >= 0.3 is 11.9 Å². The molecule has 0 amide bonds. The minimum absolute atomic E-state index is 0.0499. The van der Waals surface area contributed by atoms with Gasteiger partial charge in [-0.1, -0.05) is 5.57 Å². The van der Waals surface area contributed by atoms with Crippen molar-refractivity contribution in [1.82, 2.24) is 0 Å². The minimum atomic E-state index is -1.29. The third-order valence-electron chi connectivity index (χ3n) is 9.04. The molecule has 28 heavy (non-hydrogen) atoms. The molecule has 6 heteroatoms. The number of aliphatic hydroxyl groups is 1. The van der Waals surface area contributed by atoms with E-state index in [9.17, 15) is 19.5 Å². The number of ketones is 1. The standard InChI is InChI=1S/C22H28O6/c23-14-3-7-20-12-28-19(26)22-10-5-16(20)15(2-1-13(20)11-14)17(22)4-8-21(22,27)9-6-18(24)25/h11,15-17,27H,1-10,12H2,(H,24,25)/t15-,16?,17+,20-,21-,22+/m1/s1. The first-order valence-electron chi connectivity index (χ1n) is 10.7. The molecule has 3 saturated carbocycles. The van der Waals surface area contributed by atoms with Crippen LogP contribution in [0.25, 0.3) is 0 Å². The fourth-order valence-corrected chi connectivity index (χ4v) is 7.86. The summed E-state index contributed by atoms with van der Waals surface area (Å²) in [4.78, 5) is 36.6. The van der Waals surface area contributed by atoms with Gasteiger partial charge in [-0.2, -0.15) is 0 Å². The maximum Gasteiger partial charge on any atom is 0.315 e. The summed E-state index contributed by atoms with van der Waals surface area (Å²) in [6.07, 6.45) is 7.50. The van der Waals surface area contributed by atoms with Crippen molar-refractivity contribution in [3.63, 3.8) is 0 Å². The summed E-state index contributed by atoms with van der Waals surface area (Å²) in [5, 5.41) is 20.7. The van der Waals surface area contributed by atoms with Gasteiger partial charge in [0.05, 0.1) is 11.0 Å². The molecule has 6 rings (SSSR count). The highest BCUT2D eigenvalue weighted by Crippen LogP contribution is 2.70. The Kier molecular flexibility index (Phi) is 3.87. The van der Waals surface area contributed by atoms with Gasteiger partial charge in [0.25, 0.3) is 0 Å². The van der Waals surface area contributed by atoms with E-state index in [1.807, 2.05) is 6.08 Å². The molecule has 2 saturated heterocycles. The second kappa shape index (κ2) is 5.91. The molecule has 0 aromatic heterocycles. The van der Waals surface area contributed by atoms with Crippen molar-refractivity contribution in [2.24, 2.45) is 28.6 Å². The van der Waals surface area contributed by atoms with Gasteiger partial charge in [0, 0.05) is 18.3 Å². The summed E-state index contributed by atoms with van der Waals surface area (Å²) >= 11 is 0. The number of carboxylic acids is 1. The molecule has 0 aromatic rings. The maximum absolute atomic E-state index is 13.4. The number of aliphatic carboxylic acids is 1. The molecule has 0 radical (unpaired) electrons. The lowest BCUT2D eigenvalue weighted by Crippen LogP contribution is -2.63. The Morgan fingerprint density at radius 2 is 1.89 bits per heavy atom. The van der Waals surface area contributed by atoms with E-state index in [4.69, 9.17) is 9.84 Å². The van der Waals surface area contributed by atoms with Gasteiger partial charge in [-0.25, -0.2) is 0 Å². The first kappa shape index (κ1) is 18.3. The monoisotopic (exact) mass is 388 g/mol. The number of hydrogen-bond donors (Lipinski definition) is 2. The van der Waals surface area contributed by atoms with Crippen LogP contribution in [0.15, 0.2) is 11.6 Å². The third-order valence-corrected chi connectivity index (χ3v) is 9.04. The Balaban J connectivity index is 1.57. The van der Waals surface area contributed by atoms with Crippen LogP contribution in [0.2, 0.25) is 0 Å². The fraction of sp³-hybridized carbons (Fsp3) is 0.773. The molecular weight excluding hydrogens is 360 g/mol. The second-order valence-electron chi connectivity index (χ2n) is 9.76. The van der Waals surface area contributed by atoms with Gasteiger partial charge in [-0.3, -0.25) is 14.4 Å². The van der Waals surface area contributed by atoms with Crippen LogP contribution < -0.4 is 0 Å². The highest BCUT2D eigenvalue weighted by molar-refractivity contribution is 5.92. The summed E-state index contributed by atoms with van der Waals surface area (Å²) in [6, 6.07) is 0. The Morgan fingerprint density at radius 1 is 1.11 bits per heavy atom. The van der Waals surface area contributed by atoms with Gasteiger partial charge in [0.15, 0.2) is 5.78 Å². The Hall–Kier alpha value is -1.69. The smallest absolute Gasteiger partial charge is 0.315 e. The lowest BCUT2D eigenvalue weighted by molar-refractivity contribution is -0.212. The molecule has 0 aromatic carbocycles. The van der Waals surface area contributed by atoms with E-state index < -0.39 is 17.0 Å². The van der Waals surface area contributed by atoms with Crippen LogP contribution in [0.4, 0.5) is 0 Å². The highest BCUT2D eigenvalue weighted by Gasteiger charge is 2.71. The topological polar surface area (TPSA) is 101 Å². The van der Waals surface area contributed by atoms with Gasteiger partial charge < -0.3 is 14.9 Å². The van der Waals surface area contributed by atoms with E-state index in [0.29, 0.717) is 37.7 Å². The number of carboxylic acid groups (broad SMARTS) is 1. The van der Waals surface area contributed by atoms with Crippen molar-refractivity contribution in [3.05, 3.63) is 11.6 Å². The van der Waals surface area contributed by atoms with Crippen LogP contribution in [0.3, 0.4) is 0 Å². The van der Waals surface area contributed by atoms with Gasteiger partial charge in [0.2, 0.25) is 0 Å². The summed E-state index contributed by atoms with van der Waals surface area (Å²) in [7, 11) is 0. The summed E-state index contributed by atoms with van der Waals surface area (Å²) in [6.45, 7) is 0.301. The van der Waals surface area contributed by atoms with E-state index in [1.54, 1.807) is 0 Å². The molecule has 6 nitrogen and oxygen atoms in total. The van der Waals surface area contributed by atoms with Crippen LogP contribution >= 0.6 is 0 Å². The summed E-state index contributed by atoms with van der Waals surface area (Å²) in [5.41, 5.74) is -1.29. The van der Waals surface area contributed by atoms with Crippen molar-refractivity contribution >= 4 is 17.7 Å². The highest BCUT2D eigenvalue weighted by atomic mass is 16.5. The molecule has 2 spiro atoms. The van der Waals surface area contributed by atoms with Gasteiger partial charge in [0.1, 0.15) is 6.61 Å². The second-order valence-corrected chi connectivity index (χ2v) is 9.76. The number of carbonyl (C=O) groups excluding carboxylic acids is 2. The summed E-state index contributed by atoms with van der Waals surface area (Å²) in [5.74, 6) is -0.321. The number of ether oxygens (including phenoxy) is 1. The molecule has 6 aliphatic rings. The third kappa shape index (κ3) is 2.15. The van der Waals surface area contributed by atoms with E-state index in [1.165, 1.54) is 5.57 Å². The van der Waals surface area contributed by atoms with Crippen molar-refractivity contribution in [2.45, 2.75) is 69.8 Å². The fourth-order valence-electron chi connectivity index (χ4n) is 7.86. The van der Waals surface area contributed by atoms with Crippen molar-refractivity contribution < 1.29 is 29.3 Å². The number of hydrogen-bond acceptors (Lipinski definition) is 5. The average molecular weight is 388 g/mol. The van der Waals surface area contributed by atoms with Crippen molar-refractivity contribution in [1.29, 1.82) is 0 Å². The Labute approximate surface area is 164 Å². The van der Waals surface area contributed by atoms with Crippen LogP contribution in [0, 0.1) is 28.6 Å². The first-order chi connectivity index (χ1) is 13.3. The first-order valence-corrected chi connectivity index (χ1v) is 10.7. The number of rotatable bonds is 3. The predicted octanol–water partition coefficient (Wildman–Crippen LogP) is 2.63. The van der Waals surface area contributed by atoms with Gasteiger partial charge in [-0.15, -0.1) is 0 Å². The molecule has 4 bridgehead atoms. The predicted molar refractivity (Wildman–Crippen MR) is 98.1 cm³/mol. The van der Waals surface area contributed by atoms with E-state index in [-0.39, 0.29) is 35.9 Å². The Morgan fingerprint density at radius 3 is 2.68 bits per heavy atom. The van der Waals surface area contributed by atoms with E-state index in [0.717, 1.165) is 32.1 Å². The Bertz CT molecular complexity index is 786. The molecule has 2 heterocycles. The maximum atomic E-state index is 13.4. The molecular formula is C22H28O6. The molecule has 5 fully saturated rings. The SMILES string of the molecule is O=C(O)CC[C@]1(O)CC[C@H]2[C@@H]3CCC4=CC(=O)CC[C@@]45COC(=O)[C@]21CCC35. The van der Waals surface area contributed by atoms with E-state index >= 15 is 0 Å². The lowest BCUT2D eigenvalue weighted by Gasteiger charge is -2.61. The average Bonchev–Trinajstić information content (AvgIpc) is 2.98. The van der Waals surface area contributed by atoms with Crippen LogP contribution in [-0.2, 0) is 19.1 Å². The molecule has 1 unspecified atom stereocenters. The van der Waals surface area contributed by atoms with Crippen LogP contribution in [0.5, 0.6) is 0 Å². The number of carbonyl (C=O) groups is 3. The zero-order chi connectivity index (χ0) is 19.7. The molecule has 2 aliphatic heterocycles. The largest absolute Gasteiger partial charge is 0.481 e. The summed E-state index contributed by atoms with van der Waals surface area (Å²) < 4.78 is 5.91. The normalized spacial score (nSPS) is 46.8. The van der Waals surface area contributed by atoms with E-state index in [2.05, 4.69) is 0 Å². The zero-order valence-corrected chi connectivity index (χ0v) is 16.1. The number of fused-ring (bicyclic) bond motifs is 3. The molecule has 6 atom stereocenters.